The number of piperidine rings is 1. The van der Waals surface area contributed by atoms with Crippen LogP contribution in [0.1, 0.15) is 63.4 Å². The third-order valence-electron chi connectivity index (χ3n) is 6.10. The van der Waals surface area contributed by atoms with Gasteiger partial charge >= 0.3 is 0 Å². The molecule has 34 heavy (non-hydrogen) atoms. The van der Waals surface area contributed by atoms with Crippen LogP contribution in [0.4, 0.5) is 11.4 Å². The number of hydrogen-bond acceptors (Lipinski definition) is 6. The molecule has 1 saturated heterocycles. The van der Waals surface area contributed by atoms with Gasteiger partial charge in [0.25, 0.3) is 11.5 Å². The summed E-state index contributed by atoms with van der Waals surface area (Å²) in [5, 5.41) is 7.07. The summed E-state index contributed by atoms with van der Waals surface area (Å²) in [5.74, 6) is -0.494. The molecule has 2 aromatic rings. The van der Waals surface area contributed by atoms with Crippen molar-refractivity contribution < 1.29 is 13.2 Å². The highest BCUT2D eigenvalue weighted by Crippen LogP contribution is 2.31. The zero-order valence-corrected chi connectivity index (χ0v) is 21.1. The van der Waals surface area contributed by atoms with E-state index in [2.05, 4.69) is 10.4 Å². The average molecular weight is 490 g/mol. The number of rotatable bonds is 10. The average Bonchev–Trinajstić information content (AvgIpc) is 2.85. The smallest absolute Gasteiger partial charge is 0.276 e. The highest BCUT2D eigenvalue weighted by molar-refractivity contribution is 7.89. The van der Waals surface area contributed by atoms with E-state index < -0.39 is 15.9 Å². The molecule has 9 nitrogen and oxygen atoms in total. The topological polar surface area (TPSA) is 105 Å². The molecule has 0 aliphatic carbocycles. The van der Waals surface area contributed by atoms with E-state index in [1.165, 1.54) is 27.2 Å². The Morgan fingerprint density at radius 3 is 2.41 bits per heavy atom. The normalized spacial score (nSPS) is 14.7. The molecular weight excluding hydrogens is 454 g/mol. The third-order valence-corrected chi connectivity index (χ3v) is 7.99. The molecule has 1 amide bonds. The molecule has 1 aromatic heterocycles. The summed E-state index contributed by atoms with van der Waals surface area (Å²) in [6.45, 7) is 8.84. The lowest BCUT2D eigenvalue weighted by Gasteiger charge is -2.28. The fourth-order valence-electron chi connectivity index (χ4n) is 4.09. The quantitative estimate of drug-likeness (QED) is 0.549. The lowest BCUT2D eigenvalue weighted by Crippen LogP contribution is -2.35. The molecule has 1 fully saturated rings. The first-order valence-electron chi connectivity index (χ1n) is 12.1. The van der Waals surface area contributed by atoms with Crippen molar-refractivity contribution >= 4 is 27.3 Å². The van der Waals surface area contributed by atoms with Crippen molar-refractivity contribution in [3.63, 3.8) is 0 Å². The van der Waals surface area contributed by atoms with Gasteiger partial charge in [0.2, 0.25) is 10.0 Å². The fourth-order valence-corrected chi connectivity index (χ4v) is 5.64. The summed E-state index contributed by atoms with van der Waals surface area (Å²) in [6.07, 6.45) is 4.40. The number of unbranched alkanes of at least 4 members (excludes halogenated alkanes) is 1. The molecule has 0 unspecified atom stereocenters. The first kappa shape index (κ1) is 25.9. The van der Waals surface area contributed by atoms with E-state index in [1.54, 1.807) is 12.1 Å². The van der Waals surface area contributed by atoms with Gasteiger partial charge in [-0.1, -0.05) is 19.8 Å². The van der Waals surface area contributed by atoms with Crippen LogP contribution in [0.3, 0.4) is 0 Å². The summed E-state index contributed by atoms with van der Waals surface area (Å²) in [6, 6.07) is 7.61. The second kappa shape index (κ2) is 11.6. The number of nitrogens with zero attached hydrogens (tertiary/aromatic N) is 4. The molecule has 0 radical (unpaired) electrons. The largest absolute Gasteiger partial charge is 0.370 e. The van der Waals surface area contributed by atoms with Gasteiger partial charge in [0.1, 0.15) is 5.69 Å². The molecule has 1 aliphatic rings. The van der Waals surface area contributed by atoms with E-state index in [4.69, 9.17) is 0 Å². The maximum absolute atomic E-state index is 13.2. The fraction of sp³-hybridized carbons (Fsp3) is 0.542. The zero-order chi connectivity index (χ0) is 24.7. The second-order valence-corrected chi connectivity index (χ2v) is 10.3. The lowest BCUT2D eigenvalue weighted by molar-refractivity contribution is 0.101. The number of sulfonamides is 1. The zero-order valence-electron chi connectivity index (χ0n) is 20.3. The van der Waals surface area contributed by atoms with Gasteiger partial charge in [-0.05, 0) is 57.4 Å². The molecule has 2 heterocycles. The molecule has 1 aromatic carbocycles. The Labute approximate surface area is 201 Å². The number of carbonyl (C=O) groups excluding carboxylic acids is 1. The predicted octanol–water partition coefficient (Wildman–Crippen LogP) is 3.32. The van der Waals surface area contributed by atoms with Crippen LogP contribution in [0.25, 0.3) is 0 Å². The summed E-state index contributed by atoms with van der Waals surface area (Å²) in [7, 11) is -3.66. The van der Waals surface area contributed by atoms with Crippen molar-refractivity contribution in [2.45, 2.75) is 64.3 Å². The number of anilines is 2. The Kier molecular flexibility index (Phi) is 8.84. The summed E-state index contributed by atoms with van der Waals surface area (Å²) < 4.78 is 29.3. The van der Waals surface area contributed by atoms with Gasteiger partial charge in [0.05, 0.1) is 16.3 Å². The third kappa shape index (κ3) is 5.85. The van der Waals surface area contributed by atoms with Gasteiger partial charge in [-0.2, -0.15) is 9.40 Å². The Hall–Kier alpha value is -2.72. The maximum atomic E-state index is 13.2. The van der Waals surface area contributed by atoms with E-state index in [-0.39, 0.29) is 16.1 Å². The highest BCUT2D eigenvalue weighted by Gasteiger charge is 2.27. The van der Waals surface area contributed by atoms with Gasteiger partial charge in [-0.3, -0.25) is 9.59 Å². The number of carbonyl (C=O) groups is 1. The molecule has 0 saturated carbocycles. The minimum atomic E-state index is -3.66. The van der Waals surface area contributed by atoms with Crippen molar-refractivity contribution in [3.8, 4) is 0 Å². The van der Waals surface area contributed by atoms with Crippen LogP contribution in [0.15, 0.2) is 40.0 Å². The number of aryl methyl sites for hydroxylation is 1. The molecule has 10 heteroatoms. The van der Waals surface area contributed by atoms with Crippen LogP contribution in [0.2, 0.25) is 0 Å². The first-order valence-corrected chi connectivity index (χ1v) is 13.5. The van der Waals surface area contributed by atoms with Gasteiger partial charge in [-0.25, -0.2) is 13.1 Å². The molecule has 1 N–H and O–H groups in total. The van der Waals surface area contributed by atoms with Crippen LogP contribution < -0.4 is 15.8 Å². The number of hydrogen-bond donors (Lipinski definition) is 1. The summed E-state index contributed by atoms with van der Waals surface area (Å²) >= 11 is 0. The van der Waals surface area contributed by atoms with Crippen molar-refractivity contribution in [1.82, 2.24) is 14.1 Å². The van der Waals surface area contributed by atoms with Gasteiger partial charge in [0, 0.05) is 38.8 Å². The molecule has 0 spiro atoms. The number of aromatic nitrogens is 2. The molecule has 186 valence electrons. The van der Waals surface area contributed by atoms with Crippen LogP contribution in [-0.4, -0.2) is 54.6 Å². The van der Waals surface area contributed by atoms with E-state index in [9.17, 15) is 18.0 Å². The summed E-state index contributed by atoms with van der Waals surface area (Å²) in [5.41, 5.74) is 0.976. The number of amides is 1. The monoisotopic (exact) mass is 489 g/mol. The van der Waals surface area contributed by atoms with Gasteiger partial charge in [0.15, 0.2) is 0 Å². The summed E-state index contributed by atoms with van der Waals surface area (Å²) in [4.78, 5) is 27.4. The lowest BCUT2D eigenvalue weighted by atomic mass is 10.2. The minimum Gasteiger partial charge on any atom is -0.370 e. The maximum Gasteiger partial charge on any atom is 0.276 e. The first-order chi connectivity index (χ1) is 16.3. The van der Waals surface area contributed by atoms with E-state index in [0.717, 1.165) is 37.8 Å². The van der Waals surface area contributed by atoms with Crippen molar-refractivity contribution in [2.75, 3.05) is 36.4 Å². The van der Waals surface area contributed by atoms with Crippen LogP contribution in [0.5, 0.6) is 0 Å². The molecule has 3 rings (SSSR count). The second-order valence-electron chi connectivity index (χ2n) is 8.40. The van der Waals surface area contributed by atoms with Gasteiger partial charge < -0.3 is 10.2 Å². The van der Waals surface area contributed by atoms with E-state index in [1.807, 2.05) is 25.7 Å². The predicted molar refractivity (Wildman–Crippen MR) is 134 cm³/mol. The standard InChI is InChI=1S/C24H35N5O4S/c1-4-7-17-29-23(30)14-12-20(26-29)24(31)25-21-18-19(11-13-22(21)27(5-2)6-3)34(32,33)28-15-9-8-10-16-28/h11-14,18H,4-10,15-17H2,1-3H3,(H,25,31). The van der Waals surface area contributed by atoms with E-state index >= 15 is 0 Å². The van der Waals surface area contributed by atoms with Crippen molar-refractivity contribution in [2.24, 2.45) is 0 Å². The minimum absolute atomic E-state index is 0.102. The Balaban J connectivity index is 1.97. The van der Waals surface area contributed by atoms with Crippen LogP contribution >= 0.6 is 0 Å². The Bertz CT molecular complexity index is 1150. The van der Waals surface area contributed by atoms with Crippen LogP contribution in [-0.2, 0) is 16.6 Å². The number of benzene rings is 1. The molecule has 0 atom stereocenters. The van der Waals surface area contributed by atoms with Crippen molar-refractivity contribution in [1.29, 1.82) is 0 Å². The van der Waals surface area contributed by atoms with Gasteiger partial charge in [-0.15, -0.1) is 0 Å². The molecular formula is C24H35N5O4S. The molecule has 1 aliphatic heterocycles. The Morgan fingerprint density at radius 1 is 1.06 bits per heavy atom. The Morgan fingerprint density at radius 2 is 1.76 bits per heavy atom. The van der Waals surface area contributed by atoms with Crippen molar-refractivity contribution in [3.05, 3.63) is 46.4 Å². The highest BCUT2D eigenvalue weighted by atomic mass is 32.2. The van der Waals surface area contributed by atoms with E-state index in [0.29, 0.717) is 38.4 Å². The molecule has 0 bridgehead atoms. The SMILES string of the molecule is CCCCn1nc(C(=O)Nc2cc(S(=O)(=O)N3CCCCC3)ccc2N(CC)CC)ccc1=O. The number of nitrogens with one attached hydrogen (secondary N) is 1. The van der Waals surface area contributed by atoms with Crippen LogP contribution in [0, 0.1) is 0 Å².